The van der Waals surface area contributed by atoms with Crippen LogP contribution < -0.4 is 5.30 Å². The van der Waals surface area contributed by atoms with Crippen molar-refractivity contribution in [3.8, 4) is 0 Å². The molecular weight excluding hydrogens is 371 g/mol. The van der Waals surface area contributed by atoms with Gasteiger partial charge in [0.2, 0.25) is 5.52 Å². The third kappa shape index (κ3) is 5.42. The van der Waals surface area contributed by atoms with Crippen molar-refractivity contribution in [2.24, 2.45) is 0 Å². The molecule has 2 aromatic carbocycles. The molecule has 1 unspecified atom stereocenters. The zero-order valence-electron chi connectivity index (χ0n) is 16.9. The second-order valence-electron chi connectivity index (χ2n) is 7.09. The molecule has 0 radical (unpaired) electrons. The van der Waals surface area contributed by atoms with Crippen LogP contribution in [0.5, 0.6) is 0 Å². The van der Waals surface area contributed by atoms with Crippen LogP contribution in [-0.2, 0) is 14.1 Å². The molecule has 2 rings (SSSR count). The zero-order chi connectivity index (χ0) is 20.6. The van der Waals surface area contributed by atoms with Gasteiger partial charge >= 0.3 is 5.97 Å². The van der Waals surface area contributed by atoms with Gasteiger partial charge in [0.1, 0.15) is 6.16 Å². The van der Waals surface area contributed by atoms with Crippen LogP contribution in [0.15, 0.2) is 48.5 Å². The highest BCUT2D eigenvalue weighted by Gasteiger charge is 2.38. The second kappa shape index (κ2) is 10.4. The van der Waals surface area contributed by atoms with Crippen molar-refractivity contribution < 1.29 is 18.9 Å². The van der Waals surface area contributed by atoms with Crippen LogP contribution in [0.2, 0.25) is 0 Å². The largest absolute Gasteiger partial charge is 0.465 e. The highest BCUT2D eigenvalue weighted by atomic mass is 31.2. The summed E-state index contributed by atoms with van der Waals surface area (Å²) < 4.78 is 19.2. The normalized spacial score (nSPS) is 13.0. The molecule has 0 saturated carbocycles. The zero-order valence-corrected chi connectivity index (χ0v) is 17.8. The Bertz CT molecular complexity index is 838. The number of hydrogen-bond acceptors (Lipinski definition) is 4. The average Bonchev–Trinajstić information content (AvgIpc) is 2.68. The average molecular weight is 400 g/mol. The molecule has 0 spiro atoms. The van der Waals surface area contributed by atoms with E-state index in [0.717, 1.165) is 36.8 Å². The summed E-state index contributed by atoms with van der Waals surface area (Å²) in [6.45, 7) is 6.05. The third-order valence-electron chi connectivity index (χ3n) is 4.81. The fourth-order valence-corrected chi connectivity index (χ4v) is 5.61. The molecule has 0 aliphatic heterocycles. The Kier molecular flexibility index (Phi) is 8.19. The Morgan fingerprint density at radius 1 is 0.893 bits per heavy atom. The van der Waals surface area contributed by atoms with Crippen molar-refractivity contribution in [3.05, 3.63) is 65.2 Å². The first kappa shape index (κ1) is 22.1. The summed E-state index contributed by atoms with van der Waals surface area (Å²) >= 11 is 0. The molecular formula is C23H29O4P. The van der Waals surface area contributed by atoms with Crippen molar-refractivity contribution >= 4 is 23.9 Å². The Morgan fingerprint density at radius 3 is 2.14 bits per heavy atom. The van der Waals surface area contributed by atoms with Gasteiger partial charge in [-0.15, -0.1) is 0 Å². The van der Waals surface area contributed by atoms with E-state index in [2.05, 4.69) is 6.92 Å². The van der Waals surface area contributed by atoms with E-state index in [1.807, 2.05) is 32.0 Å². The van der Waals surface area contributed by atoms with E-state index in [0.29, 0.717) is 17.5 Å². The monoisotopic (exact) mass is 400 g/mol. The van der Waals surface area contributed by atoms with Crippen molar-refractivity contribution in [2.45, 2.75) is 46.5 Å². The van der Waals surface area contributed by atoms with E-state index in [4.69, 9.17) is 4.74 Å². The van der Waals surface area contributed by atoms with Crippen LogP contribution in [0, 0.1) is 13.8 Å². The van der Waals surface area contributed by atoms with Gasteiger partial charge < -0.3 is 9.30 Å². The van der Waals surface area contributed by atoms with E-state index in [9.17, 15) is 14.2 Å². The predicted octanol–water partition coefficient (Wildman–Crippen LogP) is 5.26. The number of ether oxygens (including phenoxy) is 1. The number of benzene rings is 2. The van der Waals surface area contributed by atoms with Crippen molar-refractivity contribution in [2.75, 3.05) is 12.8 Å². The number of unbranched alkanes of at least 4 members (excludes halogenated alkanes) is 3. The SMILES string of the molecule is CCCCCCOC(=O)CP(=O)(C(=O)c1c(C)cccc1C)c1ccccc1. The summed E-state index contributed by atoms with van der Waals surface area (Å²) in [6, 6.07) is 14.1. The maximum atomic E-state index is 13.9. The van der Waals surface area contributed by atoms with Crippen LogP contribution in [-0.4, -0.2) is 24.3 Å². The van der Waals surface area contributed by atoms with Gasteiger partial charge in [0, 0.05) is 10.9 Å². The molecule has 0 saturated heterocycles. The van der Waals surface area contributed by atoms with Gasteiger partial charge in [0.15, 0.2) is 7.14 Å². The van der Waals surface area contributed by atoms with E-state index in [1.54, 1.807) is 30.3 Å². The minimum Gasteiger partial charge on any atom is -0.465 e. The highest BCUT2D eigenvalue weighted by Crippen LogP contribution is 2.48. The molecule has 0 N–H and O–H groups in total. The number of rotatable bonds is 10. The fourth-order valence-electron chi connectivity index (χ4n) is 3.22. The summed E-state index contributed by atoms with van der Waals surface area (Å²) in [7, 11) is -3.67. The molecule has 0 heterocycles. The van der Waals surface area contributed by atoms with Crippen LogP contribution in [0.3, 0.4) is 0 Å². The standard InChI is InChI=1S/C23H29O4P/c1-4-5-6-10-16-27-21(24)17-28(26,20-14-8-7-9-15-20)23(25)22-18(2)12-11-13-19(22)3/h7-9,11-15H,4-6,10,16-17H2,1-3H3. The summed E-state index contributed by atoms with van der Waals surface area (Å²) in [6.07, 6.45) is 3.55. The lowest BCUT2D eigenvalue weighted by Gasteiger charge is -2.19. The van der Waals surface area contributed by atoms with E-state index < -0.39 is 24.8 Å². The molecule has 150 valence electrons. The lowest BCUT2D eigenvalue weighted by molar-refractivity contribution is -0.140. The van der Waals surface area contributed by atoms with Gasteiger partial charge in [-0.1, -0.05) is 74.7 Å². The second-order valence-corrected chi connectivity index (χ2v) is 9.80. The van der Waals surface area contributed by atoms with Crippen LogP contribution in [0.4, 0.5) is 0 Å². The topological polar surface area (TPSA) is 60.4 Å². The molecule has 0 amide bonds. The maximum absolute atomic E-state index is 13.9. The highest BCUT2D eigenvalue weighted by molar-refractivity contribution is 7.88. The first-order chi connectivity index (χ1) is 13.4. The maximum Gasteiger partial charge on any atom is 0.314 e. The molecule has 2 aromatic rings. The summed E-state index contributed by atoms with van der Waals surface area (Å²) in [5, 5.41) is 0.394. The van der Waals surface area contributed by atoms with Gasteiger partial charge in [0.05, 0.1) is 6.61 Å². The van der Waals surface area contributed by atoms with Gasteiger partial charge in [-0.2, -0.15) is 0 Å². The van der Waals surface area contributed by atoms with Crippen LogP contribution in [0.1, 0.15) is 54.1 Å². The molecule has 1 atom stereocenters. The minimum atomic E-state index is -3.67. The Labute approximate surface area is 167 Å². The number of aryl methyl sites for hydroxylation is 2. The number of hydrogen-bond donors (Lipinski definition) is 0. The summed E-state index contributed by atoms with van der Waals surface area (Å²) in [4.78, 5) is 25.8. The Hall–Kier alpha value is -2.19. The molecule has 0 bridgehead atoms. The van der Waals surface area contributed by atoms with Gasteiger partial charge in [-0.3, -0.25) is 9.59 Å². The van der Waals surface area contributed by atoms with Gasteiger partial charge in [-0.05, 0) is 31.4 Å². The summed E-state index contributed by atoms with van der Waals surface area (Å²) in [5.74, 6) is -0.580. The fraction of sp³-hybridized carbons (Fsp3) is 0.391. The number of esters is 1. The minimum absolute atomic E-state index is 0.297. The van der Waals surface area contributed by atoms with Crippen molar-refractivity contribution in [1.82, 2.24) is 0 Å². The Balaban J connectivity index is 2.28. The van der Waals surface area contributed by atoms with Gasteiger partial charge in [0.25, 0.3) is 0 Å². The number of carbonyl (C=O) groups is 2. The lowest BCUT2D eigenvalue weighted by Crippen LogP contribution is -2.23. The molecule has 5 heteroatoms. The van der Waals surface area contributed by atoms with E-state index in [-0.39, 0.29) is 0 Å². The smallest absolute Gasteiger partial charge is 0.314 e. The molecule has 0 aliphatic carbocycles. The van der Waals surface area contributed by atoms with E-state index >= 15 is 0 Å². The van der Waals surface area contributed by atoms with Crippen molar-refractivity contribution in [3.63, 3.8) is 0 Å². The predicted molar refractivity (Wildman–Crippen MR) is 114 cm³/mol. The van der Waals surface area contributed by atoms with Crippen LogP contribution >= 0.6 is 7.14 Å². The first-order valence-corrected chi connectivity index (χ1v) is 11.7. The van der Waals surface area contributed by atoms with Crippen LogP contribution in [0.25, 0.3) is 0 Å². The number of carbonyl (C=O) groups excluding carboxylic acids is 2. The molecule has 0 aliphatic rings. The molecule has 0 fully saturated rings. The summed E-state index contributed by atoms with van der Waals surface area (Å²) in [5.41, 5.74) is 1.48. The van der Waals surface area contributed by atoms with E-state index in [1.165, 1.54) is 0 Å². The third-order valence-corrected chi connectivity index (χ3v) is 7.52. The molecule has 4 nitrogen and oxygen atoms in total. The lowest BCUT2D eigenvalue weighted by atomic mass is 10.0. The van der Waals surface area contributed by atoms with Crippen molar-refractivity contribution in [1.29, 1.82) is 0 Å². The molecule has 28 heavy (non-hydrogen) atoms. The quantitative estimate of drug-likeness (QED) is 0.310. The first-order valence-electron chi connectivity index (χ1n) is 9.81. The Morgan fingerprint density at radius 2 is 1.54 bits per heavy atom. The molecule has 0 aromatic heterocycles. The van der Waals surface area contributed by atoms with Gasteiger partial charge in [-0.25, -0.2) is 0 Å².